The molecule has 0 spiro atoms. The van der Waals surface area contributed by atoms with Crippen LogP contribution in [0.15, 0.2) is 12.1 Å². The fraction of sp³-hybridized carbons (Fsp3) is 0.571. The maximum atomic E-state index is 14.1. The molecule has 0 bridgehead atoms. The van der Waals surface area contributed by atoms with Gasteiger partial charge in [-0.1, -0.05) is 25.4 Å². The van der Waals surface area contributed by atoms with Gasteiger partial charge >= 0.3 is 0 Å². The van der Waals surface area contributed by atoms with Crippen LogP contribution in [0.3, 0.4) is 0 Å². The zero-order chi connectivity index (χ0) is 13.1. The smallest absolute Gasteiger partial charge is 0.128 e. The van der Waals surface area contributed by atoms with Gasteiger partial charge in [0, 0.05) is 27.6 Å². The lowest BCUT2D eigenvalue weighted by Gasteiger charge is -2.21. The van der Waals surface area contributed by atoms with Gasteiger partial charge in [-0.05, 0) is 37.1 Å². The summed E-state index contributed by atoms with van der Waals surface area (Å²) in [5.74, 6) is 0.676. The van der Waals surface area contributed by atoms with Crippen molar-refractivity contribution in [2.45, 2.75) is 43.7 Å². The van der Waals surface area contributed by atoms with Crippen LogP contribution in [0, 0.1) is 5.82 Å². The fourth-order valence-electron chi connectivity index (χ4n) is 2.38. The molecule has 0 saturated carbocycles. The van der Waals surface area contributed by atoms with E-state index < -0.39 is 0 Å². The van der Waals surface area contributed by atoms with Crippen molar-refractivity contribution in [3.8, 4) is 0 Å². The highest BCUT2D eigenvalue weighted by atomic mass is 35.5. The monoisotopic (exact) mass is 287 g/mol. The Kier molecular flexibility index (Phi) is 4.93. The first-order chi connectivity index (χ1) is 8.63. The molecule has 18 heavy (non-hydrogen) atoms. The SMILES string of the molecule is CCCNC1CC(C)SCc2c(Cl)ccc(F)c21. The second kappa shape index (κ2) is 6.27. The Morgan fingerprint density at radius 1 is 1.50 bits per heavy atom. The standard InChI is InChI=1S/C14H19ClFNS/c1-3-6-17-13-7-9(2)18-8-10-11(15)4-5-12(16)14(10)13/h4-5,9,13,17H,3,6-8H2,1-2H3. The maximum absolute atomic E-state index is 14.1. The number of rotatable bonds is 3. The molecular formula is C14H19ClFNS. The van der Waals surface area contributed by atoms with Crippen LogP contribution >= 0.6 is 23.4 Å². The molecule has 1 aliphatic heterocycles. The van der Waals surface area contributed by atoms with Crippen molar-refractivity contribution in [1.82, 2.24) is 5.32 Å². The molecule has 2 unspecified atom stereocenters. The number of halogens is 2. The highest BCUT2D eigenvalue weighted by molar-refractivity contribution is 7.99. The Labute approximate surface area is 117 Å². The second-order valence-electron chi connectivity index (χ2n) is 4.79. The van der Waals surface area contributed by atoms with Crippen LogP contribution < -0.4 is 5.32 Å². The highest BCUT2D eigenvalue weighted by Crippen LogP contribution is 2.39. The van der Waals surface area contributed by atoms with Crippen LogP contribution in [-0.4, -0.2) is 11.8 Å². The lowest BCUT2D eigenvalue weighted by atomic mass is 9.97. The summed E-state index contributed by atoms with van der Waals surface area (Å²) in [5.41, 5.74) is 1.76. The van der Waals surface area contributed by atoms with Crippen molar-refractivity contribution in [1.29, 1.82) is 0 Å². The molecular weight excluding hydrogens is 269 g/mol. The molecule has 2 atom stereocenters. The molecule has 1 heterocycles. The van der Waals surface area contributed by atoms with E-state index >= 15 is 0 Å². The first-order valence-electron chi connectivity index (χ1n) is 6.45. The van der Waals surface area contributed by atoms with E-state index in [2.05, 4.69) is 19.2 Å². The van der Waals surface area contributed by atoms with E-state index in [9.17, 15) is 4.39 Å². The van der Waals surface area contributed by atoms with Gasteiger partial charge in [-0.25, -0.2) is 4.39 Å². The predicted octanol–water partition coefficient (Wildman–Crippen LogP) is 4.55. The van der Waals surface area contributed by atoms with E-state index in [-0.39, 0.29) is 11.9 Å². The topological polar surface area (TPSA) is 12.0 Å². The third kappa shape index (κ3) is 3.01. The van der Waals surface area contributed by atoms with Gasteiger partial charge < -0.3 is 5.32 Å². The minimum absolute atomic E-state index is 0.0867. The summed E-state index contributed by atoms with van der Waals surface area (Å²) in [4.78, 5) is 0. The number of fused-ring (bicyclic) bond motifs is 1. The normalized spacial score (nSPS) is 23.6. The third-order valence-electron chi connectivity index (χ3n) is 3.32. The van der Waals surface area contributed by atoms with Gasteiger partial charge in [0.1, 0.15) is 5.82 Å². The number of benzene rings is 1. The minimum atomic E-state index is -0.127. The lowest BCUT2D eigenvalue weighted by Crippen LogP contribution is -2.25. The van der Waals surface area contributed by atoms with Gasteiger partial charge in [-0.15, -0.1) is 0 Å². The van der Waals surface area contributed by atoms with Gasteiger partial charge in [0.05, 0.1) is 0 Å². The van der Waals surface area contributed by atoms with Crippen molar-refractivity contribution < 1.29 is 4.39 Å². The quantitative estimate of drug-likeness (QED) is 0.875. The number of hydrogen-bond donors (Lipinski definition) is 1. The summed E-state index contributed by atoms with van der Waals surface area (Å²) in [6.45, 7) is 5.23. The average Bonchev–Trinajstić information content (AvgIpc) is 2.51. The predicted molar refractivity (Wildman–Crippen MR) is 77.8 cm³/mol. The first kappa shape index (κ1) is 14.2. The molecule has 0 aliphatic carbocycles. The molecule has 0 fully saturated rings. The van der Waals surface area contributed by atoms with Crippen LogP contribution in [0.5, 0.6) is 0 Å². The van der Waals surface area contributed by atoms with Gasteiger partial charge in [0.2, 0.25) is 0 Å². The van der Waals surface area contributed by atoms with Gasteiger partial charge in [0.15, 0.2) is 0 Å². The van der Waals surface area contributed by atoms with Crippen molar-refractivity contribution in [3.05, 3.63) is 34.1 Å². The highest BCUT2D eigenvalue weighted by Gasteiger charge is 2.26. The average molecular weight is 288 g/mol. The van der Waals surface area contributed by atoms with E-state index in [4.69, 9.17) is 11.6 Å². The molecule has 0 radical (unpaired) electrons. The maximum Gasteiger partial charge on any atom is 0.128 e. The molecule has 0 saturated heterocycles. The summed E-state index contributed by atoms with van der Waals surface area (Å²) < 4.78 is 14.1. The largest absolute Gasteiger partial charge is 0.310 e. The fourth-order valence-corrected chi connectivity index (χ4v) is 3.78. The van der Waals surface area contributed by atoms with Crippen LogP contribution in [0.4, 0.5) is 4.39 Å². The van der Waals surface area contributed by atoms with Crippen molar-refractivity contribution in [2.24, 2.45) is 0 Å². The second-order valence-corrected chi connectivity index (χ2v) is 6.62. The number of thioether (sulfide) groups is 1. The Bertz CT molecular complexity index is 425. The zero-order valence-corrected chi connectivity index (χ0v) is 12.4. The Hall–Kier alpha value is -0.250. The van der Waals surface area contributed by atoms with Crippen molar-refractivity contribution in [2.75, 3.05) is 6.54 Å². The summed E-state index contributed by atoms with van der Waals surface area (Å²) in [6.07, 6.45) is 2.00. The molecule has 1 nitrogen and oxygen atoms in total. The Morgan fingerprint density at radius 2 is 2.28 bits per heavy atom. The number of nitrogens with one attached hydrogen (secondary N) is 1. The molecule has 1 aromatic carbocycles. The molecule has 2 rings (SSSR count). The van der Waals surface area contributed by atoms with Gasteiger partial charge in [-0.2, -0.15) is 11.8 Å². The summed E-state index contributed by atoms with van der Waals surface area (Å²) in [7, 11) is 0. The molecule has 4 heteroatoms. The first-order valence-corrected chi connectivity index (χ1v) is 7.88. The molecule has 1 N–H and O–H groups in total. The minimum Gasteiger partial charge on any atom is -0.310 e. The van der Waals surface area contributed by atoms with E-state index in [1.807, 2.05) is 11.8 Å². The molecule has 1 aliphatic rings. The van der Waals surface area contributed by atoms with Crippen molar-refractivity contribution in [3.63, 3.8) is 0 Å². The van der Waals surface area contributed by atoms with Crippen molar-refractivity contribution >= 4 is 23.4 Å². The van der Waals surface area contributed by atoms with Gasteiger partial charge in [-0.3, -0.25) is 0 Å². The Balaban J connectivity index is 2.39. The van der Waals surface area contributed by atoms with E-state index in [0.29, 0.717) is 10.3 Å². The molecule has 0 amide bonds. The summed E-state index contributed by atoms with van der Waals surface area (Å²) in [5, 5.41) is 4.66. The molecule has 0 aromatic heterocycles. The van der Waals surface area contributed by atoms with Crippen LogP contribution in [-0.2, 0) is 5.75 Å². The third-order valence-corrected chi connectivity index (χ3v) is 4.89. The molecule has 100 valence electrons. The van der Waals surface area contributed by atoms with E-state index in [0.717, 1.165) is 36.3 Å². The van der Waals surface area contributed by atoms with Crippen LogP contribution in [0.25, 0.3) is 0 Å². The van der Waals surface area contributed by atoms with Crippen LogP contribution in [0.2, 0.25) is 5.02 Å². The number of hydrogen-bond acceptors (Lipinski definition) is 2. The van der Waals surface area contributed by atoms with E-state index in [1.165, 1.54) is 6.07 Å². The summed E-state index contributed by atoms with van der Waals surface area (Å²) >= 11 is 8.08. The van der Waals surface area contributed by atoms with E-state index in [1.54, 1.807) is 6.07 Å². The van der Waals surface area contributed by atoms with Crippen LogP contribution in [0.1, 0.15) is 43.9 Å². The summed E-state index contributed by atoms with van der Waals surface area (Å²) in [6, 6.07) is 3.25. The zero-order valence-electron chi connectivity index (χ0n) is 10.8. The lowest BCUT2D eigenvalue weighted by molar-refractivity contribution is 0.474. The van der Waals surface area contributed by atoms with Gasteiger partial charge in [0.25, 0.3) is 0 Å². The molecule has 1 aromatic rings. The Morgan fingerprint density at radius 3 is 3.00 bits per heavy atom.